The van der Waals surface area contributed by atoms with Gasteiger partial charge < -0.3 is 20.1 Å². The highest BCUT2D eigenvalue weighted by molar-refractivity contribution is 14.0. The Morgan fingerprint density at radius 3 is 2.35 bits per heavy atom. The molecular formula is C17H34IN3O2. The van der Waals surface area contributed by atoms with Gasteiger partial charge in [0.15, 0.2) is 5.96 Å². The topological polar surface area (TPSA) is 54.9 Å². The molecule has 1 saturated carbocycles. The van der Waals surface area contributed by atoms with Crippen molar-refractivity contribution in [3.8, 4) is 0 Å². The van der Waals surface area contributed by atoms with Crippen LogP contribution in [0, 0.1) is 10.8 Å². The summed E-state index contributed by atoms with van der Waals surface area (Å²) < 4.78 is 10.9. The van der Waals surface area contributed by atoms with Gasteiger partial charge in [0, 0.05) is 38.8 Å². The van der Waals surface area contributed by atoms with E-state index in [1.54, 1.807) is 0 Å². The standard InChI is InChI=1S/C17H33N3O2.HI/c1-4-21-10-9-17(7-5-6-8-17)12-20-15(18-3)19-11-16(2)13-22-14-16;/h4-14H2,1-3H3,(H2,18,19,20);1H. The van der Waals surface area contributed by atoms with Gasteiger partial charge in [-0.15, -0.1) is 24.0 Å². The number of nitrogens with zero attached hydrogens (tertiary/aromatic N) is 1. The first-order valence-electron chi connectivity index (χ1n) is 8.71. The molecule has 5 nitrogen and oxygen atoms in total. The van der Waals surface area contributed by atoms with Crippen molar-refractivity contribution in [1.29, 1.82) is 0 Å². The van der Waals surface area contributed by atoms with Crippen LogP contribution < -0.4 is 10.6 Å². The van der Waals surface area contributed by atoms with E-state index in [9.17, 15) is 0 Å². The lowest BCUT2D eigenvalue weighted by Gasteiger charge is -2.38. The summed E-state index contributed by atoms with van der Waals surface area (Å²) in [5, 5.41) is 6.99. The van der Waals surface area contributed by atoms with Gasteiger partial charge in [0.05, 0.1) is 13.2 Å². The van der Waals surface area contributed by atoms with Crippen molar-refractivity contribution in [2.45, 2.75) is 46.0 Å². The zero-order valence-corrected chi connectivity index (χ0v) is 17.3. The normalized spacial score (nSPS) is 22.1. The van der Waals surface area contributed by atoms with E-state index in [1.165, 1.54) is 25.7 Å². The molecule has 0 aromatic heterocycles. The fourth-order valence-electron chi connectivity index (χ4n) is 3.41. The summed E-state index contributed by atoms with van der Waals surface area (Å²) in [6.07, 6.45) is 6.44. The van der Waals surface area contributed by atoms with Gasteiger partial charge in [-0.05, 0) is 31.6 Å². The zero-order valence-electron chi connectivity index (χ0n) is 15.0. The second-order valence-electron chi connectivity index (χ2n) is 7.24. The Labute approximate surface area is 158 Å². The number of aliphatic imine (C=N–C) groups is 1. The van der Waals surface area contributed by atoms with Gasteiger partial charge in [-0.25, -0.2) is 0 Å². The van der Waals surface area contributed by atoms with Gasteiger partial charge in [0.2, 0.25) is 0 Å². The number of hydrogen-bond acceptors (Lipinski definition) is 3. The Kier molecular flexibility index (Phi) is 9.15. The smallest absolute Gasteiger partial charge is 0.191 e. The third-order valence-corrected chi connectivity index (χ3v) is 5.08. The van der Waals surface area contributed by atoms with Gasteiger partial charge in [-0.3, -0.25) is 4.99 Å². The van der Waals surface area contributed by atoms with Gasteiger partial charge in [0.25, 0.3) is 0 Å². The monoisotopic (exact) mass is 439 g/mol. The van der Waals surface area contributed by atoms with Crippen LogP contribution >= 0.6 is 24.0 Å². The molecule has 23 heavy (non-hydrogen) atoms. The molecule has 0 atom stereocenters. The maximum atomic E-state index is 5.58. The minimum Gasteiger partial charge on any atom is -0.382 e. The molecule has 1 aliphatic carbocycles. The highest BCUT2D eigenvalue weighted by atomic mass is 127. The lowest BCUT2D eigenvalue weighted by molar-refractivity contribution is -0.0971. The van der Waals surface area contributed by atoms with Crippen LogP contribution in [0.2, 0.25) is 0 Å². The van der Waals surface area contributed by atoms with E-state index in [0.29, 0.717) is 5.41 Å². The first kappa shape index (κ1) is 21.0. The van der Waals surface area contributed by atoms with Crippen LogP contribution in [0.4, 0.5) is 0 Å². The number of hydrogen-bond donors (Lipinski definition) is 2. The first-order chi connectivity index (χ1) is 10.6. The predicted octanol–water partition coefficient (Wildman–Crippen LogP) is 2.79. The maximum absolute atomic E-state index is 5.58. The van der Waals surface area contributed by atoms with Gasteiger partial charge in [0.1, 0.15) is 0 Å². The average Bonchev–Trinajstić information content (AvgIpc) is 2.95. The number of guanidine groups is 1. The molecule has 0 aromatic rings. The van der Waals surface area contributed by atoms with E-state index in [1.807, 2.05) is 7.05 Å². The molecule has 2 N–H and O–H groups in total. The van der Waals surface area contributed by atoms with Crippen molar-refractivity contribution in [3.05, 3.63) is 0 Å². The Morgan fingerprint density at radius 2 is 1.83 bits per heavy atom. The SMILES string of the molecule is CCOCCC1(CNC(=NC)NCC2(C)COC2)CCCC1.I. The summed E-state index contributed by atoms with van der Waals surface area (Å²) >= 11 is 0. The van der Waals surface area contributed by atoms with Crippen molar-refractivity contribution in [2.75, 3.05) is 46.6 Å². The van der Waals surface area contributed by atoms with Crippen LogP contribution in [0.15, 0.2) is 4.99 Å². The molecule has 0 aromatic carbocycles. The average molecular weight is 439 g/mol. The van der Waals surface area contributed by atoms with Gasteiger partial charge in [-0.1, -0.05) is 19.8 Å². The lowest BCUT2D eigenvalue weighted by Crippen LogP contribution is -2.52. The summed E-state index contributed by atoms with van der Waals surface area (Å²) in [6.45, 7) is 9.59. The van der Waals surface area contributed by atoms with Crippen LogP contribution in [-0.4, -0.2) is 52.5 Å². The molecule has 1 aliphatic heterocycles. The van der Waals surface area contributed by atoms with E-state index in [4.69, 9.17) is 9.47 Å². The zero-order chi connectivity index (χ0) is 15.9. The maximum Gasteiger partial charge on any atom is 0.191 e. The fraction of sp³-hybridized carbons (Fsp3) is 0.941. The van der Waals surface area contributed by atoms with E-state index in [0.717, 1.165) is 51.9 Å². The second kappa shape index (κ2) is 10.0. The van der Waals surface area contributed by atoms with Crippen molar-refractivity contribution >= 4 is 29.9 Å². The molecule has 0 radical (unpaired) electrons. The Morgan fingerprint density at radius 1 is 1.17 bits per heavy atom. The Bertz CT molecular complexity index is 367. The number of ether oxygens (including phenoxy) is 2. The highest BCUT2D eigenvalue weighted by Gasteiger charge is 2.35. The summed E-state index contributed by atoms with van der Waals surface area (Å²) in [5.74, 6) is 0.913. The molecule has 6 heteroatoms. The van der Waals surface area contributed by atoms with E-state index in [-0.39, 0.29) is 29.4 Å². The van der Waals surface area contributed by atoms with E-state index >= 15 is 0 Å². The minimum atomic E-state index is 0. The molecule has 0 bridgehead atoms. The number of halogens is 1. The molecule has 0 amide bonds. The summed E-state index contributed by atoms with van der Waals surface area (Å²) in [7, 11) is 1.84. The number of rotatable bonds is 8. The summed E-state index contributed by atoms with van der Waals surface area (Å²) in [6, 6.07) is 0. The third kappa shape index (κ3) is 6.38. The largest absolute Gasteiger partial charge is 0.382 e. The second-order valence-corrected chi connectivity index (χ2v) is 7.24. The van der Waals surface area contributed by atoms with Crippen LogP contribution in [-0.2, 0) is 9.47 Å². The molecule has 2 fully saturated rings. The van der Waals surface area contributed by atoms with Crippen LogP contribution in [0.3, 0.4) is 0 Å². The van der Waals surface area contributed by atoms with Crippen molar-refractivity contribution in [3.63, 3.8) is 0 Å². The van der Waals surface area contributed by atoms with Crippen LogP contribution in [0.5, 0.6) is 0 Å². The van der Waals surface area contributed by atoms with Crippen LogP contribution in [0.25, 0.3) is 0 Å². The molecule has 2 aliphatic rings. The highest BCUT2D eigenvalue weighted by Crippen LogP contribution is 2.40. The van der Waals surface area contributed by atoms with Gasteiger partial charge >= 0.3 is 0 Å². The Balaban J connectivity index is 0.00000264. The molecule has 2 rings (SSSR count). The quantitative estimate of drug-likeness (QED) is 0.264. The van der Waals surface area contributed by atoms with Crippen molar-refractivity contribution < 1.29 is 9.47 Å². The van der Waals surface area contributed by atoms with E-state index < -0.39 is 0 Å². The number of nitrogens with one attached hydrogen (secondary N) is 2. The molecule has 0 spiro atoms. The fourth-order valence-corrected chi connectivity index (χ4v) is 3.41. The van der Waals surface area contributed by atoms with Crippen LogP contribution in [0.1, 0.15) is 46.0 Å². The summed E-state index contributed by atoms with van der Waals surface area (Å²) in [5.41, 5.74) is 0.647. The molecule has 136 valence electrons. The molecule has 1 heterocycles. The lowest BCUT2D eigenvalue weighted by atomic mass is 9.83. The first-order valence-corrected chi connectivity index (χ1v) is 8.71. The predicted molar refractivity (Wildman–Crippen MR) is 106 cm³/mol. The van der Waals surface area contributed by atoms with Crippen molar-refractivity contribution in [2.24, 2.45) is 15.8 Å². The molecule has 1 saturated heterocycles. The minimum absolute atomic E-state index is 0. The molecule has 0 unspecified atom stereocenters. The van der Waals surface area contributed by atoms with E-state index in [2.05, 4.69) is 29.5 Å². The van der Waals surface area contributed by atoms with Gasteiger partial charge in [-0.2, -0.15) is 0 Å². The van der Waals surface area contributed by atoms with Crippen molar-refractivity contribution in [1.82, 2.24) is 10.6 Å². The molecular weight excluding hydrogens is 405 g/mol. The third-order valence-electron chi connectivity index (χ3n) is 5.08. The Hall–Kier alpha value is -0.0800. The summed E-state index contributed by atoms with van der Waals surface area (Å²) in [4.78, 5) is 4.36.